The zero-order chi connectivity index (χ0) is 14.4. The predicted octanol–water partition coefficient (Wildman–Crippen LogP) is 0.393. The molecule has 0 saturated carbocycles. The number of aromatic nitrogens is 2. The third-order valence-corrected chi connectivity index (χ3v) is 2.39. The lowest BCUT2D eigenvalue weighted by atomic mass is 10.3. The minimum Gasteiger partial charge on any atom is -0.476 e. The lowest BCUT2D eigenvalue weighted by molar-refractivity contribution is -0.385. The Morgan fingerprint density at radius 1 is 1.47 bits per heavy atom. The third-order valence-electron chi connectivity index (χ3n) is 2.39. The van der Waals surface area contributed by atoms with Gasteiger partial charge in [0.25, 0.3) is 5.88 Å². The molecular weight excluding hydrogens is 256 g/mol. The first-order chi connectivity index (χ1) is 9.01. The number of carbonyl (C=O) groups is 1. The highest BCUT2D eigenvalue weighted by Crippen LogP contribution is 2.32. The Kier molecular flexibility index (Phi) is 4.98. The standard InChI is InChI=1S/C10H14N4O5/c1-13(5-4-7(15)18-2)9-8(14(16)17)10(19-3)12-6-11-9/h6H,4-5H2,1-3H3. The summed E-state index contributed by atoms with van der Waals surface area (Å²) >= 11 is 0. The number of hydrogen-bond acceptors (Lipinski definition) is 8. The lowest BCUT2D eigenvalue weighted by Gasteiger charge is -2.17. The largest absolute Gasteiger partial charge is 0.476 e. The van der Waals surface area contributed by atoms with E-state index in [1.807, 2.05) is 0 Å². The summed E-state index contributed by atoms with van der Waals surface area (Å²) in [6, 6.07) is 0. The van der Waals surface area contributed by atoms with Crippen LogP contribution in [0.4, 0.5) is 11.5 Å². The van der Waals surface area contributed by atoms with Crippen LogP contribution in [0.15, 0.2) is 6.33 Å². The summed E-state index contributed by atoms with van der Waals surface area (Å²) in [4.78, 5) is 30.5. The Morgan fingerprint density at radius 3 is 2.68 bits per heavy atom. The Balaban J connectivity index is 2.99. The van der Waals surface area contributed by atoms with Crippen LogP contribution in [0.25, 0.3) is 0 Å². The molecule has 1 heterocycles. The van der Waals surface area contributed by atoms with E-state index in [2.05, 4.69) is 14.7 Å². The van der Waals surface area contributed by atoms with E-state index in [0.29, 0.717) is 0 Å². The maximum Gasteiger partial charge on any atom is 0.372 e. The van der Waals surface area contributed by atoms with E-state index < -0.39 is 10.9 Å². The first-order valence-corrected chi connectivity index (χ1v) is 5.32. The van der Waals surface area contributed by atoms with Crippen LogP contribution in [0.5, 0.6) is 5.88 Å². The Bertz CT molecular complexity index is 479. The van der Waals surface area contributed by atoms with Gasteiger partial charge in [0.1, 0.15) is 6.33 Å². The molecule has 0 amide bonds. The van der Waals surface area contributed by atoms with E-state index in [1.165, 1.54) is 19.1 Å². The van der Waals surface area contributed by atoms with Gasteiger partial charge in [-0.05, 0) is 0 Å². The fourth-order valence-corrected chi connectivity index (χ4v) is 1.41. The topological polar surface area (TPSA) is 108 Å². The van der Waals surface area contributed by atoms with Crippen molar-refractivity contribution in [2.24, 2.45) is 0 Å². The molecule has 1 rings (SSSR count). The molecule has 0 unspecified atom stereocenters. The van der Waals surface area contributed by atoms with E-state index in [0.717, 1.165) is 6.33 Å². The minimum absolute atomic E-state index is 0.0840. The summed E-state index contributed by atoms with van der Waals surface area (Å²) in [6.07, 6.45) is 1.26. The summed E-state index contributed by atoms with van der Waals surface area (Å²) in [6.45, 7) is 0.230. The number of hydrogen-bond donors (Lipinski definition) is 0. The van der Waals surface area contributed by atoms with Crippen molar-refractivity contribution >= 4 is 17.5 Å². The number of nitro groups is 1. The maximum absolute atomic E-state index is 11.0. The summed E-state index contributed by atoms with van der Waals surface area (Å²) in [5.41, 5.74) is -0.336. The minimum atomic E-state index is -0.622. The van der Waals surface area contributed by atoms with Crippen molar-refractivity contribution in [3.05, 3.63) is 16.4 Å². The smallest absolute Gasteiger partial charge is 0.372 e. The second-order valence-corrected chi connectivity index (χ2v) is 3.56. The quantitative estimate of drug-likeness (QED) is 0.415. The second kappa shape index (κ2) is 6.47. The van der Waals surface area contributed by atoms with Gasteiger partial charge in [0.15, 0.2) is 0 Å². The molecule has 0 atom stereocenters. The van der Waals surface area contributed by atoms with Crippen molar-refractivity contribution in [3.8, 4) is 5.88 Å². The lowest BCUT2D eigenvalue weighted by Crippen LogP contribution is -2.23. The summed E-state index contributed by atoms with van der Waals surface area (Å²) in [5, 5.41) is 11.0. The number of esters is 1. The van der Waals surface area contributed by atoms with Gasteiger partial charge in [0, 0.05) is 13.6 Å². The highest BCUT2D eigenvalue weighted by Gasteiger charge is 2.26. The van der Waals surface area contributed by atoms with Crippen molar-refractivity contribution in [2.75, 3.05) is 32.7 Å². The number of carbonyl (C=O) groups excluding carboxylic acids is 1. The molecule has 0 aliphatic carbocycles. The second-order valence-electron chi connectivity index (χ2n) is 3.56. The Labute approximate surface area is 109 Å². The Hall–Kier alpha value is -2.45. The van der Waals surface area contributed by atoms with Gasteiger partial charge in [0.05, 0.1) is 25.6 Å². The third kappa shape index (κ3) is 3.50. The molecule has 1 aromatic rings. The first kappa shape index (κ1) is 14.6. The number of anilines is 1. The van der Waals surface area contributed by atoms with E-state index in [-0.39, 0.29) is 30.4 Å². The molecule has 0 saturated heterocycles. The van der Waals surface area contributed by atoms with Crippen LogP contribution in [0.3, 0.4) is 0 Å². The normalized spacial score (nSPS) is 9.84. The van der Waals surface area contributed by atoms with Crippen molar-refractivity contribution < 1.29 is 19.2 Å². The summed E-state index contributed by atoms with van der Waals surface area (Å²) in [7, 11) is 4.14. The molecule has 9 heteroatoms. The number of methoxy groups -OCH3 is 2. The van der Waals surface area contributed by atoms with Crippen molar-refractivity contribution in [1.82, 2.24) is 9.97 Å². The van der Waals surface area contributed by atoms with E-state index in [1.54, 1.807) is 7.05 Å². The molecule has 0 aromatic carbocycles. The molecule has 0 fully saturated rings. The van der Waals surface area contributed by atoms with Gasteiger partial charge < -0.3 is 14.4 Å². The monoisotopic (exact) mass is 270 g/mol. The molecule has 0 radical (unpaired) electrons. The van der Waals surface area contributed by atoms with Gasteiger partial charge >= 0.3 is 11.7 Å². The van der Waals surface area contributed by atoms with Gasteiger partial charge in [-0.1, -0.05) is 0 Å². The fourth-order valence-electron chi connectivity index (χ4n) is 1.41. The molecule has 19 heavy (non-hydrogen) atoms. The average Bonchev–Trinajstić information content (AvgIpc) is 2.42. The zero-order valence-corrected chi connectivity index (χ0v) is 10.8. The van der Waals surface area contributed by atoms with Crippen LogP contribution in [0, 0.1) is 10.1 Å². The summed E-state index contributed by atoms with van der Waals surface area (Å²) in [5.74, 6) is -0.448. The van der Waals surface area contributed by atoms with Gasteiger partial charge in [-0.15, -0.1) is 0 Å². The van der Waals surface area contributed by atoms with Crippen molar-refractivity contribution in [3.63, 3.8) is 0 Å². The van der Waals surface area contributed by atoms with E-state index in [9.17, 15) is 14.9 Å². The van der Waals surface area contributed by atoms with Gasteiger partial charge in [-0.25, -0.2) is 4.98 Å². The number of ether oxygens (including phenoxy) is 2. The number of rotatable bonds is 6. The zero-order valence-electron chi connectivity index (χ0n) is 10.8. The van der Waals surface area contributed by atoms with Gasteiger partial charge in [0.2, 0.25) is 5.82 Å². The van der Waals surface area contributed by atoms with Crippen LogP contribution in [-0.4, -0.2) is 48.7 Å². The van der Waals surface area contributed by atoms with Crippen LogP contribution < -0.4 is 9.64 Å². The number of nitrogens with zero attached hydrogens (tertiary/aromatic N) is 4. The molecule has 1 aromatic heterocycles. The molecule has 0 spiro atoms. The molecule has 9 nitrogen and oxygen atoms in total. The maximum atomic E-state index is 11.0. The SMILES string of the molecule is COC(=O)CCN(C)c1ncnc(OC)c1[N+](=O)[O-]. The molecule has 0 aliphatic rings. The van der Waals surface area contributed by atoms with Crippen molar-refractivity contribution in [1.29, 1.82) is 0 Å². The van der Waals surface area contributed by atoms with Crippen LogP contribution >= 0.6 is 0 Å². The van der Waals surface area contributed by atoms with Crippen LogP contribution in [-0.2, 0) is 9.53 Å². The predicted molar refractivity (Wildman–Crippen MR) is 65.1 cm³/mol. The summed E-state index contributed by atoms with van der Waals surface area (Å²) < 4.78 is 9.34. The highest BCUT2D eigenvalue weighted by molar-refractivity contribution is 5.70. The molecular formula is C10H14N4O5. The van der Waals surface area contributed by atoms with Crippen molar-refractivity contribution in [2.45, 2.75) is 6.42 Å². The van der Waals surface area contributed by atoms with Crippen LogP contribution in [0.1, 0.15) is 6.42 Å². The van der Waals surface area contributed by atoms with Gasteiger partial charge in [-0.2, -0.15) is 4.98 Å². The van der Waals surface area contributed by atoms with Gasteiger partial charge in [-0.3, -0.25) is 14.9 Å². The molecule has 0 N–H and O–H groups in total. The van der Waals surface area contributed by atoms with E-state index in [4.69, 9.17) is 4.74 Å². The Morgan fingerprint density at radius 2 is 2.16 bits per heavy atom. The molecule has 0 bridgehead atoms. The van der Waals surface area contributed by atoms with E-state index >= 15 is 0 Å². The molecule has 104 valence electrons. The van der Waals surface area contributed by atoms with Crippen LogP contribution in [0.2, 0.25) is 0 Å². The average molecular weight is 270 g/mol. The highest BCUT2D eigenvalue weighted by atomic mass is 16.6. The fraction of sp³-hybridized carbons (Fsp3) is 0.500. The first-order valence-electron chi connectivity index (χ1n) is 5.32. The molecule has 0 aliphatic heterocycles.